The Labute approximate surface area is 243 Å². The molecule has 1 aromatic heterocycles. The third-order valence-electron chi connectivity index (χ3n) is 6.49. The van der Waals surface area contributed by atoms with Crippen LogP contribution in [0.4, 0.5) is 0 Å². The molecule has 0 aliphatic rings. The molecule has 0 saturated heterocycles. The van der Waals surface area contributed by atoms with Crippen molar-refractivity contribution in [2.24, 2.45) is 0 Å². The largest absolute Gasteiger partial charge is 0.488 e. The van der Waals surface area contributed by atoms with E-state index in [2.05, 4.69) is 9.97 Å². The van der Waals surface area contributed by atoms with E-state index in [1.165, 1.54) is 14.2 Å². The van der Waals surface area contributed by atoms with E-state index in [0.29, 0.717) is 47.2 Å². The standard InChI is InChI=1S/C34H28N2O6/c1-39-33(37)27-17-25(13-15-31(27)41-21-23-9-5-3-6-10-23)29-19-36-30(20-35-29)26-14-16-32(28(18-26)34(38)40-2)42-22-24-11-7-4-8-12-24/h3-20H,21-22H2,1-2H3. The van der Waals surface area contributed by atoms with E-state index in [4.69, 9.17) is 18.9 Å². The number of hydrogen-bond donors (Lipinski definition) is 0. The first-order valence-corrected chi connectivity index (χ1v) is 13.2. The molecule has 0 aliphatic heterocycles. The number of methoxy groups -OCH3 is 2. The van der Waals surface area contributed by atoms with Crippen molar-refractivity contribution in [3.63, 3.8) is 0 Å². The van der Waals surface area contributed by atoms with Gasteiger partial charge in [0.05, 0.1) is 38.0 Å². The third kappa shape index (κ3) is 6.62. The Hall–Kier alpha value is -5.50. The quantitative estimate of drug-likeness (QED) is 0.178. The first kappa shape index (κ1) is 28.0. The molecule has 1 heterocycles. The Bertz CT molecular complexity index is 1550. The molecule has 8 nitrogen and oxygen atoms in total. The molecule has 0 bridgehead atoms. The van der Waals surface area contributed by atoms with Gasteiger partial charge in [-0.25, -0.2) is 9.59 Å². The second kappa shape index (κ2) is 13.2. The Morgan fingerprint density at radius 3 is 1.33 bits per heavy atom. The topological polar surface area (TPSA) is 96.8 Å². The molecule has 0 spiro atoms. The van der Waals surface area contributed by atoms with Crippen LogP contribution in [0.3, 0.4) is 0 Å². The fourth-order valence-electron chi connectivity index (χ4n) is 4.27. The summed E-state index contributed by atoms with van der Waals surface area (Å²) in [6.45, 7) is 0.616. The van der Waals surface area contributed by atoms with Gasteiger partial charge in [0.25, 0.3) is 0 Å². The molecule has 0 amide bonds. The van der Waals surface area contributed by atoms with Crippen molar-refractivity contribution in [2.75, 3.05) is 14.2 Å². The lowest BCUT2D eigenvalue weighted by Gasteiger charge is -2.13. The van der Waals surface area contributed by atoms with E-state index in [-0.39, 0.29) is 11.1 Å². The van der Waals surface area contributed by atoms with Gasteiger partial charge in [-0.05, 0) is 47.5 Å². The number of carbonyl (C=O) groups excluding carboxylic acids is 2. The number of carbonyl (C=O) groups is 2. The van der Waals surface area contributed by atoms with Crippen molar-refractivity contribution < 1.29 is 28.5 Å². The summed E-state index contributed by atoms with van der Waals surface area (Å²) >= 11 is 0. The van der Waals surface area contributed by atoms with E-state index in [1.807, 2.05) is 72.8 Å². The van der Waals surface area contributed by atoms with Crippen molar-refractivity contribution in [3.05, 3.63) is 132 Å². The summed E-state index contributed by atoms with van der Waals surface area (Å²) in [4.78, 5) is 34.2. The molecule has 5 rings (SSSR count). The maximum absolute atomic E-state index is 12.5. The molecule has 0 fully saturated rings. The van der Waals surface area contributed by atoms with Crippen molar-refractivity contribution >= 4 is 11.9 Å². The molecule has 0 N–H and O–H groups in total. The Balaban J connectivity index is 1.37. The molecular formula is C34H28N2O6. The molecule has 210 valence electrons. The molecule has 4 aromatic carbocycles. The highest BCUT2D eigenvalue weighted by Gasteiger charge is 2.18. The number of hydrogen-bond acceptors (Lipinski definition) is 8. The van der Waals surface area contributed by atoms with Crippen molar-refractivity contribution in [2.45, 2.75) is 13.2 Å². The number of aromatic nitrogens is 2. The number of ether oxygens (including phenoxy) is 4. The van der Waals surface area contributed by atoms with Gasteiger partial charge in [-0.3, -0.25) is 9.97 Å². The van der Waals surface area contributed by atoms with Crippen LogP contribution in [0.5, 0.6) is 11.5 Å². The van der Waals surface area contributed by atoms with Gasteiger partial charge in [0.15, 0.2) is 0 Å². The molecule has 0 atom stereocenters. The lowest BCUT2D eigenvalue weighted by atomic mass is 10.1. The number of esters is 2. The predicted molar refractivity (Wildman–Crippen MR) is 157 cm³/mol. The highest BCUT2D eigenvalue weighted by molar-refractivity contribution is 5.94. The van der Waals surface area contributed by atoms with Crippen LogP contribution < -0.4 is 9.47 Å². The predicted octanol–water partition coefficient (Wildman–Crippen LogP) is 6.54. The van der Waals surface area contributed by atoms with Crippen molar-refractivity contribution in [3.8, 4) is 34.0 Å². The van der Waals surface area contributed by atoms with Gasteiger partial charge in [-0.1, -0.05) is 60.7 Å². The summed E-state index contributed by atoms with van der Waals surface area (Å²) in [7, 11) is 2.65. The number of nitrogens with zero attached hydrogens (tertiary/aromatic N) is 2. The molecular weight excluding hydrogens is 532 g/mol. The van der Waals surface area contributed by atoms with Gasteiger partial charge in [-0.15, -0.1) is 0 Å². The van der Waals surface area contributed by atoms with Crippen LogP contribution in [0, 0.1) is 0 Å². The second-order valence-corrected chi connectivity index (χ2v) is 9.24. The van der Waals surface area contributed by atoms with Gasteiger partial charge in [-0.2, -0.15) is 0 Å². The Morgan fingerprint density at radius 2 is 0.976 bits per heavy atom. The average molecular weight is 561 g/mol. The number of benzene rings is 4. The molecule has 0 saturated carbocycles. The molecule has 5 aromatic rings. The molecule has 0 unspecified atom stereocenters. The van der Waals surface area contributed by atoms with Crippen molar-refractivity contribution in [1.29, 1.82) is 0 Å². The van der Waals surface area contributed by atoms with E-state index in [0.717, 1.165) is 11.1 Å². The zero-order valence-corrected chi connectivity index (χ0v) is 23.2. The molecule has 8 heteroatoms. The summed E-state index contributed by atoms with van der Waals surface area (Å²) in [5.41, 5.74) is 4.96. The van der Waals surface area contributed by atoms with E-state index >= 15 is 0 Å². The maximum atomic E-state index is 12.5. The summed E-state index contributed by atoms with van der Waals surface area (Å²) < 4.78 is 21.8. The first-order valence-electron chi connectivity index (χ1n) is 13.2. The van der Waals surface area contributed by atoms with Crippen molar-refractivity contribution in [1.82, 2.24) is 9.97 Å². The van der Waals surface area contributed by atoms with Crippen LogP contribution >= 0.6 is 0 Å². The van der Waals surface area contributed by atoms with Gasteiger partial charge < -0.3 is 18.9 Å². The van der Waals surface area contributed by atoms with Crippen LogP contribution in [0.1, 0.15) is 31.8 Å². The summed E-state index contributed by atoms with van der Waals surface area (Å²) in [5, 5.41) is 0. The van der Waals surface area contributed by atoms with Crippen LogP contribution in [0.25, 0.3) is 22.5 Å². The van der Waals surface area contributed by atoms with E-state index < -0.39 is 11.9 Å². The number of rotatable bonds is 10. The lowest BCUT2D eigenvalue weighted by Crippen LogP contribution is -2.07. The summed E-state index contributed by atoms with van der Waals surface area (Å²) in [6, 6.07) is 29.8. The fourth-order valence-corrected chi connectivity index (χ4v) is 4.27. The third-order valence-corrected chi connectivity index (χ3v) is 6.49. The van der Waals surface area contributed by atoms with Gasteiger partial charge in [0, 0.05) is 11.1 Å². The minimum Gasteiger partial charge on any atom is -0.488 e. The fraction of sp³-hybridized carbons (Fsp3) is 0.118. The van der Waals surface area contributed by atoms with Gasteiger partial charge >= 0.3 is 11.9 Å². The average Bonchev–Trinajstić information content (AvgIpc) is 3.06. The van der Waals surface area contributed by atoms with Crippen LogP contribution in [-0.4, -0.2) is 36.1 Å². The zero-order valence-electron chi connectivity index (χ0n) is 23.2. The monoisotopic (exact) mass is 560 g/mol. The Kier molecular flexibility index (Phi) is 8.84. The SMILES string of the molecule is COC(=O)c1cc(-c2cnc(-c3ccc(OCc4ccccc4)c(C(=O)OC)c3)cn2)ccc1OCc1ccccc1. The van der Waals surface area contributed by atoms with Gasteiger partial charge in [0.1, 0.15) is 35.8 Å². The van der Waals surface area contributed by atoms with E-state index in [1.54, 1.807) is 36.7 Å². The lowest BCUT2D eigenvalue weighted by molar-refractivity contribution is 0.0586. The molecule has 0 aliphatic carbocycles. The normalized spacial score (nSPS) is 10.5. The second-order valence-electron chi connectivity index (χ2n) is 9.24. The van der Waals surface area contributed by atoms with Crippen LogP contribution in [0.2, 0.25) is 0 Å². The highest BCUT2D eigenvalue weighted by Crippen LogP contribution is 2.30. The van der Waals surface area contributed by atoms with Crippen LogP contribution in [0.15, 0.2) is 109 Å². The summed E-state index contributed by atoms with van der Waals surface area (Å²) in [6.07, 6.45) is 3.21. The summed E-state index contributed by atoms with van der Waals surface area (Å²) in [5.74, 6) is -0.225. The highest BCUT2D eigenvalue weighted by atomic mass is 16.5. The smallest absolute Gasteiger partial charge is 0.341 e. The molecule has 42 heavy (non-hydrogen) atoms. The van der Waals surface area contributed by atoms with E-state index in [9.17, 15) is 9.59 Å². The maximum Gasteiger partial charge on any atom is 0.341 e. The molecule has 0 radical (unpaired) electrons. The first-order chi connectivity index (χ1) is 20.6. The minimum absolute atomic E-state index is 0.283. The minimum atomic E-state index is -0.519. The Morgan fingerprint density at radius 1 is 0.571 bits per heavy atom. The van der Waals surface area contributed by atoms with Gasteiger partial charge in [0.2, 0.25) is 0 Å². The van der Waals surface area contributed by atoms with Crippen LogP contribution in [-0.2, 0) is 22.7 Å². The zero-order chi connectivity index (χ0) is 29.3.